The maximum Gasteiger partial charge on any atom is 0.422 e. The summed E-state index contributed by atoms with van der Waals surface area (Å²) in [6.45, 7) is -0.288. The first-order valence-electron chi connectivity index (χ1n) is 4.00. The molecule has 0 fully saturated rings. The van der Waals surface area contributed by atoms with Crippen LogP contribution in [0.3, 0.4) is 0 Å². The standard InChI is InChI=1S/C7H12F3NO3/c1-2-5(3-12)11-6(13)14-4-7(8,9)10/h5,12H,2-4H2,1H3,(H,11,13)/t5-/m0/s1. The third-order valence-corrected chi connectivity index (χ3v) is 1.40. The maximum atomic E-state index is 11.6. The predicted octanol–water partition coefficient (Wildman–Crippen LogP) is 1.05. The maximum absolute atomic E-state index is 11.6. The summed E-state index contributed by atoms with van der Waals surface area (Å²) in [6.07, 6.45) is -5.29. The van der Waals surface area contributed by atoms with Crippen molar-refractivity contribution in [1.29, 1.82) is 0 Å². The van der Waals surface area contributed by atoms with E-state index in [-0.39, 0.29) is 6.61 Å². The van der Waals surface area contributed by atoms with Gasteiger partial charge in [-0.3, -0.25) is 0 Å². The first-order valence-corrected chi connectivity index (χ1v) is 4.00. The van der Waals surface area contributed by atoms with Crippen molar-refractivity contribution >= 4 is 6.09 Å². The Bertz CT molecular complexity index is 180. The molecule has 0 saturated heterocycles. The van der Waals surface area contributed by atoms with Crippen molar-refractivity contribution in [2.45, 2.75) is 25.6 Å². The summed E-state index contributed by atoms with van der Waals surface area (Å²) < 4.78 is 38.5. The van der Waals surface area contributed by atoms with E-state index in [0.717, 1.165) is 0 Å². The van der Waals surface area contributed by atoms with E-state index >= 15 is 0 Å². The third kappa shape index (κ3) is 6.53. The second kappa shape index (κ2) is 5.69. The summed E-state index contributed by atoms with van der Waals surface area (Å²) in [7, 11) is 0. The Labute approximate surface area is 79.0 Å². The van der Waals surface area contributed by atoms with Crippen LogP contribution in [0.25, 0.3) is 0 Å². The fourth-order valence-electron chi connectivity index (χ4n) is 0.633. The van der Waals surface area contributed by atoms with Gasteiger partial charge in [-0.1, -0.05) is 6.92 Å². The molecule has 14 heavy (non-hydrogen) atoms. The molecule has 0 aromatic carbocycles. The van der Waals surface area contributed by atoms with Gasteiger partial charge in [-0.15, -0.1) is 0 Å². The van der Waals surface area contributed by atoms with Crippen molar-refractivity contribution in [3.8, 4) is 0 Å². The lowest BCUT2D eigenvalue weighted by molar-refractivity contribution is -0.160. The molecule has 0 aliphatic carbocycles. The van der Waals surface area contributed by atoms with E-state index in [0.29, 0.717) is 6.42 Å². The normalized spacial score (nSPS) is 13.5. The molecule has 0 bridgehead atoms. The molecule has 7 heteroatoms. The van der Waals surface area contributed by atoms with E-state index in [2.05, 4.69) is 10.1 Å². The van der Waals surface area contributed by atoms with E-state index < -0.39 is 24.9 Å². The Hall–Kier alpha value is -0.980. The van der Waals surface area contributed by atoms with Gasteiger partial charge in [-0.05, 0) is 6.42 Å². The molecule has 84 valence electrons. The minimum absolute atomic E-state index is 0.336. The van der Waals surface area contributed by atoms with Crippen LogP contribution in [0, 0.1) is 0 Å². The third-order valence-electron chi connectivity index (χ3n) is 1.40. The number of rotatable bonds is 4. The van der Waals surface area contributed by atoms with Gasteiger partial charge in [0, 0.05) is 0 Å². The summed E-state index contributed by atoms with van der Waals surface area (Å²) in [6, 6.07) is -0.573. The quantitative estimate of drug-likeness (QED) is 0.736. The smallest absolute Gasteiger partial charge is 0.422 e. The highest BCUT2D eigenvalue weighted by Crippen LogP contribution is 2.14. The van der Waals surface area contributed by atoms with Crippen molar-refractivity contribution in [1.82, 2.24) is 5.32 Å². The van der Waals surface area contributed by atoms with Crippen LogP contribution < -0.4 is 5.32 Å². The topological polar surface area (TPSA) is 58.6 Å². The fraction of sp³-hybridized carbons (Fsp3) is 0.857. The van der Waals surface area contributed by atoms with Crippen LogP contribution in [0.1, 0.15) is 13.3 Å². The van der Waals surface area contributed by atoms with Crippen molar-refractivity contribution in [3.05, 3.63) is 0 Å². The molecule has 0 spiro atoms. The Balaban J connectivity index is 3.75. The monoisotopic (exact) mass is 215 g/mol. The highest BCUT2D eigenvalue weighted by Gasteiger charge is 2.29. The number of ether oxygens (including phenoxy) is 1. The van der Waals surface area contributed by atoms with Gasteiger partial charge in [-0.25, -0.2) is 4.79 Å². The van der Waals surface area contributed by atoms with Gasteiger partial charge in [0.15, 0.2) is 6.61 Å². The number of aliphatic hydroxyl groups is 1. The average molecular weight is 215 g/mol. The zero-order valence-electron chi connectivity index (χ0n) is 7.60. The minimum atomic E-state index is -4.53. The lowest BCUT2D eigenvalue weighted by Gasteiger charge is -2.14. The van der Waals surface area contributed by atoms with Gasteiger partial charge in [0.1, 0.15) is 0 Å². The number of amides is 1. The predicted molar refractivity (Wildman–Crippen MR) is 41.7 cm³/mol. The van der Waals surface area contributed by atoms with Crippen LogP contribution in [0.15, 0.2) is 0 Å². The van der Waals surface area contributed by atoms with E-state index in [4.69, 9.17) is 5.11 Å². The van der Waals surface area contributed by atoms with Crippen LogP contribution in [-0.4, -0.2) is 36.6 Å². The summed E-state index contributed by atoms with van der Waals surface area (Å²) in [5.74, 6) is 0. The SMILES string of the molecule is CC[C@@H](CO)NC(=O)OCC(F)(F)F. The Morgan fingerprint density at radius 1 is 1.57 bits per heavy atom. The molecule has 4 nitrogen and oxygen atoms in total. The number of carbonyl (C=O) groups is 1. The molecule has 0 unspecified atom stereocenters. The number of carbonyl (C=O) groups excluding carboxylic acids is 1. The number of halogens is 3. The second-order valence-corrected chi connectivity index (χ2v) is 2.62. The van der Waals surface area contributed by atoms with Gasteiger partial charge < -0.3 is 15.2 Å². The van der Waals surface area contributed by atoms with Gasteiger partial charge in [-0.2, -0.15) is 13.2 Å². The molecule has 1 atom stereocenters. The Morgan fingerprint density at radius 3 is 2.50 bits per heavy atom. The van der Waals surface area contributed by atoms with Gasteiger partial charge in [0.25, 0.3) is 0 Å². The highest BCUT2D eigenvalue weighted by atomic mass is 19.4. The summed E-state index contributed by atoms with van der Waals surface area (Å²) in [5.41, 5.74) is 0. The number of alkyl carbamates (subject to hydrolysis) is 1. The number of hydrogen-bond donors (Lipinski definition) is 2. The molecular formula is C7H12F3NO3. The van der Waals surface area contributed by atoms with Crippen LogP contribution in [0.5, 0.6) is 0 Å². The zero-order valence-corrected chi connectivity index (χ0v) is 7.60. The molecule has 2 N–H and O–H groups in total. The second-order valence-electron chi connectivity index (χ2n) is 2.62. The summed E-state index contributed by atoms with van der Waals surface area (Å²) >= 11 is 0. The van der Waals surface area contributed by atoms with Crippen LogP contribution >= 0.6 is 0 Å². The van der Waals surface area contributed by atoms with Crippen LogP contribution in [-0.2, 0) is 4.74 Å². The molecule has 1 amide bonds. The number of hydrogen-bond acceptors (Lipinski definition) is 3. The molecule has 0 aliphatic heterocycles. The van der Waals surface area contributed by atoms with E-state index in [1.165, 1.54) is 0 Å². The van der Waals surface area contributed by atoms with Crippen LogP contribution in [0.2, 0.25) is 0 Å². The van der Waals surface area contributed by atoms with E-state index in [9.17, 15) is 18.0 Å². The molecule has 0 aromatic rings. The van der Waals surface area contributed by atoms with Crippen molar-refractivity contribution in [2.75, 3.05) is 13.2 Å². The van der Waals surface area contributed by atoms with Crippen LogP contribution in [0.4, 0.5) is 18.0 Å². The van der Waals surface area contributed by atoms with Gasteiger partial charge >= 0.3 is 12.3 Å². The lowest BCUT2D eigenvalue weighted by Crippen LogP contribution is -2.38. The molecule has 0 heterocycles. The molecule has 0 aliphatic rings. The Kier molecular flexibility index (Phi) is 5.29. The summed E-state index contributed by atoms with van der Waals surface area (Å²) in [4.78, 5) is 10.7. The fourth-order valence-corrected chi connectivity index (χ4v) is 0.633. The number of nitrogens with one attached hydrogen (secondary N) is 1. The lowest BCUT2D eigenvalue weighted by atomic mass is 10.2. The highest BCUT2D eigenvalue weighted by molar-refractivity contribution is 5.67. The molecular weight excluding hydrogens is 203 g/mol. The summed E-state index contributed by atoms with van der Waals surface area (Å²) in [5, 5.41) is 10.7. The number of alkyl halides is 3. The first kappa shape index (κ1) is 13.0. The Morgan fingerprint density at radius 2 is 2.14 bits per heavy atom. The van der Waals surface area contributed by atoms with Crippen molar-refractivity contribution in [3.63, 3.8) is 0 Å². The van der Waals surface area contributed by atoms with Crippen molar-refractivity contribution in [2.24, 2.45) is 0 Å². The van der Waals surface area contributed by atoms with Gasteiger partial charge in [0.2, 0.25) is 0 Å². The largest absolute Gasteiger partial charge is 0.440 e. The van der Waals surface area contributed by atoms with E-state index in [1.54, 1.807) is 6.92 Å². The number of aliphatic hydroxyl groups excluding tert-OH is 1. The van der Waals surface area contributed by atoms with E-state index in [1.807, 2.05) is 0 Å². The first-order chi connectivity index (χ1) is 6.39. The molecule has 0 aromatic heterocycles. The minimum Gasteiger partial charge on any atom is -0.440 e. The zero-order chi connectivity index (χ0) is 11.2. The molecule has 0 rings (SSSR count). The molecule has 0 radical (unpaired) electrons. The average Bonchev–Trinajstić information content (AvgIpc) is 2.09. The van der Waals surface area contributed by atoms with Crippen molar-refractivity contribution < 1.29 is 27.8 Å². The molecule has 0 saturated carbocycles. The van der Waals surface area contributed by atoms with Gasteiger partial charge in [0.05, 0.1) is 12.6 Å².